The molecule has 4 nitrogen and oxygen atoms in total. The average Bonchev–Trinajstić information content (AvgIpc) is 2.27. The van der Waals surface area contributed by atoms with E-state index in [0.29, 0.717) is 23.5 Å². The first-order valence-electron chi connectivity index (χ1n) is 5.51. The first kappa shape index (κ1) is 13.5. The molecule has 0 saturated carbocycles. The molecule has 4 heteroatoms. The third kappa shape index (κ3) is 3.20. The lowest BCUT2D eigenvalue weighted by molar-refractivity contribution is 0.0975. The third-order valence-electron chi connectivity index (χ3n) is 2.54. The monoisotopic (exact) mass is 237 g/mol. The van der Waals surface area contributed by atoms with E-state index in [1.807, 2.05) is 13.8 Å². The lowest BCUT2D eigenvalue weighted by Crippen LogP contribution is -2.20. The van der Waals surface area contributed by atoms with E-state index < -0.39 is 0 Å². The number of Topliss-reactive ketones (excluding diaryl/α,β-unsaturated/α-hetero) is 1. The first-order chi connectivity index (χ1) is 7.99. The molecule has 0 bridgehead atoms. The van der Waals surface area contributed by atoms with Gasteiger partial charge in [0.1, 0.15) is 0 Å². The van der Waals surface area contributed by atoms with Gasteiger partial charge in [-0.05, 0) is 31.5 Å². The standard InChI is InChI=1S/C13H19NO3/c1-8-5-12(16-3)13(17-4)7-10(8)11(15)6-9(2)14/h5,7,9H,6,14H2,1-4H3. The Balaban J connectivity index is 3.12. The van der Waals surface area contributed by atoms with Crippen LogP contribution >= 0.6 is 0 Å². The Bertz CT molecular complexity index is 413. The van der Waals surface area contributed by atoms with Crippen LogP contribution < -0.4 is 15.2 Å². The van der Waals surface area contributed by atoms with Gasteiger partial charge in [-0.2, -0.15) is 0 Å². The average molecular weight is 237 g/mol. The Morgan fingerprint density at radius 2 is 1.82 bits per heavy atom. The van der Waals surface area contributed by atoms with Gasteiger partial charge in [0.15, 0.2) is 17.3 Å². The Labute approximate surface area is 102 Å². The number of carbonyl (C=O) groups is 1. The maximum absolute atomic E-state index is 12.0. The van der Waals surface area contributed by atoms with Crippen LogP contribution in [0.2, 0.25) is 0 Å². The zero-order valence-corrected chi connectivity index (χ0v) is 10.7. The number of ether oxygens (including phenoxy) is 2. The molecule has 0 aliphatic rings. The smallest absolute Gasteiger partial charge is 0.164 e. The van der Waals surface area contributed by atoms with Gasteiger partial charge in [-0.3, -0.25) is 4.79 Å². The van der Waals surface area contributed by atoms with Crippen LogP contribution in [0.1, 0.15) is 29.3 Å². The molecule has 0 saturated heterocycles. The zero-order chi connectivity index (χ0) is 13.0. The van der Waals surface area contributed by atoms with E-state index in [9.17, 15) is 4.79 Å². The van der Waals surface area contributed by atoms with Crippen molar-refractivity contribution in [1.29, 1.82) is 0 Å². The van der Waals surface area contributed by atoms with E-state index in [4.69, 9.17) is 15.2 Å². The van der Waals surface area contributed by atoms with Gasteiger partial charge in [0, 0.05) is 18.0 Å². The molecule has 2 N–H and O–H groups in total. The molecule has 0 spiro atoms. The summed E-state index contributed by atoms with van der Waals surface area (Å²) in [7, 11) is 3.12. The summed E-state index contributed by atoms with van der Waals surface area (Å²) in [6.07, 6.45) is 0.330. The topological polar surface area (TPSA) is 61.5 Å². The van der Waals surface area contributed by atoms with Crippen molar-refractivity contribution in [2.45, 2.75) is 26.3 Å². The minimum Gasteiger partial charge on any atom is -0.493 e. The molecule has 0 aromatic heterocycles. The highest BCUT2D eigenvalue weighted by atomic mass is 16.5. The second-order valence-corrected chi connectivity index (χ2v) is 4.13. The van der Waals surface area contributed by atoms with Crippen LogP contribution in [-0.2, 0) is 0 Å². The molecule has 1 rings (SSSR count). The van der Waals surface area contributed by atoms with Crippen molar-refractivity contribution in [3.8, 4) is 11.5 Å². The van der Waals surface area contributed by atoms with E-state index in [-0.39, 0.29) is 11.8 Å². The molecule has 0 fully saturated rings. The second kappa shape index (κ2) is 5.68. The predicted octanol–water partition coefficient (Wildman–Crippen LogP) is 1.93. The Morgan fingerprint density at radius 1 is 1.29 bits per heavy atom. The Morgan fingerprint density at radius 3 is 2.29 bits per heavy atom. The Kier molecular flexibility index (Phi) is 4.52. The van der Waals surface area contributed by atoms with Crippen LogP contribution in [0, 0.1) is 6.92 Å². The van der Waals surface area contributed by atoms with Gasteiger partial charge in [-0.1, -0.05) is 0 Å². The number of hydrogen-bond donors (Lipinski definition) is 1. The summed E-state index contributed by atoms with van der Waals surface area (Å²) < 4.78 is 10.4. The van der Waals surface area contributed by atoms with Crippen LogP contribution in [0.15, 0.2) is 12.1 Å². The molecule has 0 aliphatic heterocycles. The largest absolute Gasteiger partial charge is 0.493 e. The molecular formula is C13H19NO3. The van der Waals surface area contributed by atoms with E-state index in [2.05, 4.69) is 0 Å². The normalized spacial score (nSPS) is 12.1. The number of carbonyl (C=O) groups excluding carboxylic acids is 1. The van der Waals surface area contributed by atoms with Crippen LogP contribution in [-0.4, -0.2) is 26.0 Å². The highest BCUT2D eigenvalue weighted by Crippen LogP contribution is 2.30. The van der Waals surface area contributed by atoms with Gasteiger partial charge in [0.2, 0.25) is 0 Å². The maximum atomic E-state index is 12.0. The molecule has 1 unspecified atom stereocenters. The lowest BCUT2D eigenvalue weighted by atomic mass is 9.99. The molecule has 17 heavy (non-hydrogen) atoms. The SMILES string of the molecule is COc1cc(C)c(C(=O)CC(C)N)cc1OC. The zero-order valence-electron chi connectivity index (χ0n) is 10.7. The molecule has 0 radical (unpaired) electrons. The van der Waals surface area contributed by atoms with E-state index in [1.165, 1.54) is 0 Å². The summed E-state index contributed by atoms with van der Waals surface area (Å²) in [5.41, 5.74) is 7.14. The second-order valence-electron chi connectivity index (χ2n) is 4.13. The minimum absolute atomic E-state index is 0.0263. The van der Waals surface area contributed by atoms with Gasteiger partial charge < -0.3 is 15.2 Å². The number of aryl methyl sites for hydroxylation is 1. The van der Waals surface area contributed by atoms with Crippen molar-refractivity contribution in [1.82, 2.24) is 0 Å². The maximum Gasteiger partial charge on any atom is 0.164 e. The van der Waals surface area contributed by atoms with Crippen LogP contribution in [0.4, 0.5) is 0 Å². The summed E-state index contributed by atoms with van der Waals surface area (Å²) in [6.45, 7) is 3.68. The van der Waals surface area contributed by atoms with Crippen molar-refractivity contribution in [3.05, 3.63) is 23.3 Å². The fraction of sp³-hybridized carbons (Fsp3) is 0.462. The third-order valence-corrected chi connectivity index (χ3v) is 2.54. The number of ketones is 1. The molecule has 1 aromatic carbocycles. The van der Waals surface area contributed by atoms with Crippen molar-refractivity contribution in [3.63, 3.8) is 0 Å². The molecule has 1 aromatic rings. The van der Waals surface area contributed by atoms with Gasteiger partial charge in [-0.15, -0.1) is 0 Å². The minimum atomic E-state index is -0.144. The van der Waals surface area contributed by atoms with E-state index in [0.717, 1.165) is 5.56 Å². The highest BCUT2D eigenvalue weighted by molar-refractivity contribution is 5.98. The number of methoxy groups -OCH3 is 2. The number of benzene rings is 1. The lowest BCUT2D eigenvalue weighted by Gasteiger charge is -2.12. The molecular weight excluding hydrogens is 218 g/mol. The fourth-order valence-corrected chi connectivity index (χ4v) is 1.68. The van der Waals surface area contributed by atoms with E-state index >= 15 is 0 Å². The van der Waals surface area contributed by atoms with Crippen LogP contribution in [0.5, 0.6) is 11.5 Å². The number of nitrogens with two attached hydrogens (primary N) is 1. The first-order valence-corrected chi connectivity index (χ1v) is 5.51. The van der Waals surface area contributed by atoms with E-state index in [1.54, 1.807) is 26.4 Å². The van der Waals surface area contributed by atoms with Crippen molar-refractivity contribution in [2.24, 2.45) is 5.73 Å². The van der Waals surface area contributed by atoms with Crippen molar-refractivity contribution in [2.75, 3.05) is 14.2 Å². The summed E-state index contributed by atoms with van der Waals surface area (Å²) in [5.74, 6) is 1.21. The summed E-state index contributed by atoms with van der Waals surface area (Å²) in [5, 5.41) is 0. The summed E-state index contributed by atoms with van der Waals surface area (Å²) in [6, 6.07) is 3.36. The van der Waals surface area contributed by atoms with Gasteiger partial charge >= 0.3 is 0 Å². The summed E-state index contributed by atoms with van der Waals surface area (Å²) in [4.78, 5) is 12.0. The predicted molar refractivity (Wildman–Crippen MR) is 66.9 cm³/mol. The van der Waals surface area contributed by atoms with Crippen LogP contribution in [0.25, 0.3) is 0 Å². The van der Waals surface area contributed by atoms with Gasteiger partial charge in [0.25, 0.3) is 0 Å². The molecule has 0 heterocycles. The Hall–Kier alpha value is -1.55. The number of hydrogen-bond acceptors (Lipinski definition) is 4. The molecule has 1 atom stereocenters. The van der Waals surface area contributed by atoms with Crippen molar-refractivity contribution < 1.29 is 14.3 Å². The molecule has 94 valence electrons. The molecule has 0 aliphatic carbocycles. The van der Waals surface area contributed by atoms with Gasteiger partial charge in [0.05, 0.1) is 14.2 Å². The highest BCUT2D eigenvalue weighted by Gasteiger charge is 2.15. The number of rotatable bonds is 5. The van der Waals surface area contributed by atoms with Crippen LogP contribution in [0.3, 0.4) is 0 Å². The summed E-state index contributed by atoms with van der Waals surface area (Å²) >= 11 is 0. The fourth-order valence-electron chi connectivity index (χ4n) is 1.68. The van der Waals surface area contributed by atoms with Crippen molar-refractivity contribution >= 4 is 5.78 Å². The molecule has 0 amide bonds. The quantitative estimate of drug-likeness (QED) is 0.795. The van der Waals surface area contributed by atoms with Gasteiger partial charge in [-0.25, -0.2) is 0 Å².